The van der Waals surface area contributed by atoms with Gasteiger partial charge in [-0.25, -0.2) is 0 Å². The van der Waals surface area contributed by atoms with Gasteiger partial charge in [0.15, 0.2) is 0 Å². The van der Waals surface area contributed by atoms with Crippen LogP contribution in [0.1, 0.15) is 36.0 Å². The summed E-state index contributed by atoms with van der Waals surface area (Å²) in [6.45, 7) is 1.26. The van der Waals surface area contributed by atoms with E-state index in [2.05, 4.69) is 4.98 Å². The summed E-state index contributed by atoms with van der Waals surface area (Å²) in [6, 6.07) is 8.26. The van der Waals surface area contributed by atoms with Gasteiger partial charge >= 0.3 is 0 Å². The molecule has 0 bridgehead atoms. The van der Waals surface area contributed by atoms with Gasteiger partial charge in [0.2, 0.25) is 0 Å². The third-order valence-electron chi connectivity index (χ3n) is 4.36. The molecule has 112 valence electrons. The number of hydrogen-bond donors (Lipinski definition) is 1. The van der Waals surface area contributed by atoms with E-state index in [0.717, 1.165) is 29.3 Å². The molecule has 0 spiro atoms. The fourth-order valence-corrected chi connectivity index (χ4v) is 3.20. The zero-order valence-electron chi connectivity index (χ0n) is 12.5. The van der Waals surface area contributed by atoms with Crippen molar-refractivity contribution in [1.82, 2.24) is 9.88 Å². The smallest absolute Gasteiger partial charge is 0.254 e. The van der Waals surface area contributed by atoms with Gasteiger partial charge < -0.3 is 14.6 Å². The minimum atomic E-state index is 0.121. The molecule has 21 heavy (non-hydrogen) atoms. The van der Waals surface area contributed by atoms with Crippen molar-refractivity contribution in [2.45, 2.75) is 31.7 Å². The highest BCUT2D eigenvalue weighted by molar-refractivity contribution is 5.98. The van der Waals surface area contributed by atoms with Crippen LogP contribution < -0.4 is 0 Å². The van der Waals surface area contributed by atoms with E-state index in [0.29, 0.717) is 19.2 Å². The van der Waals surface area contributed by atoms with Crippen LogP contribution in [0.15, 0.2) is 30.5 Å². The largest absolute Gasteiger partial charge is 0.383 e. The topological polar surface area (TPSA) is 45.3 Å². The molecule has 3 rings (SSSR count). The molecule has 0 radical (unpaired) electrons. The normalized spacial score (nSPS) is 15.7. The lowest BCUT2D eigenvalue weighted by Gasteiger charge is -2.29. The predicted octanol–water partition coefficient (Wildman–Crippen LogP) is 3.20. The summed E-state index contributed by atoms with van der Waals surface area (Å²) in [7, 11) is 1.68. The van der Waals surface area contributed by atoms with Gasteiger partial charge in [0.25, 0.3) is 5.91 Å². The molecule has 1 aromatic carbocycles. The SMILES string of the molecule is COCCN(C(=O)c1ccc2cc[nH]c2c1)C1CCCC1. The second kappa shape index (κ2) is 6.31. The Balaban J connectivity index is 1.84. The molecule has 1 N–H and O–H groups in total. The summed E-state index contributed by atoms with van der Waals surface area (Å²) >= 11 is 0. The highest BCUT2D eigenvalue weighted by Gasteiger charge is 2.27. The summed E-state index contributed by atoms with van der Waals surface area (Å²) in [4.78, 5) is 18.0. The Morgan fingerprint density at radius 3 is 2.90 bits per heavy atom. The average molecular weight is 286 g/mol. The van der Waals surface area contributed by atoms with Crippen LogP contribution in [-0.4, -0.2) is 42.1 Å². The van der Waals surface area contributed by atoms with Gasteiger partial charge in [-0.15, -0.1) is 0 Å². The third-order valence-corrected chi connectivity index (χ3v) is 4.36. The Kier molecular flexibility index (Phi) is 4.25. The first-order valence-electron chi connectivity index (χ1n) is 7.66. The van der Waals surface area contributed by atoms with Crippen LogP contribution in [0.3, 0.4) is 0 Å². The number of benzene rings is 1. The molecule has 0 saturated heterocycles. The molecule has 4 nitrogen and oxygen atoms in total. The van der Waals surface area contributed by atoms with E-state index in [1.165, 1.54) is 12.8 Å². The number of aromatic nitrogens is 1. The molecule has 0 aliphatic heterocycles. The molecule has 1 amide bonds. The Bertz CT molecular complexity index is 614. The fraction of sp³-hybridized carbons (Fsp3) is 0.471. The summed E-state index contributed by atoms with van der Waals surface area (Å²) in [6.07, 6.45) is 6.56. The molecule has 1 aliphatic carbocycles. The first kappa shape index (κ1) is 14.1. The molecule has 2 aromatic rings. The number of nitrogens with zero attached hydrogens (tertiary/aromatic N) is 1. The number of carbonyl (C=O) groups is 1. The van der Waals surface area contributed by atoms with Gasteiger partial charge in [0, 0.05) is 37.0 Å². The molecule has 0 atom stereocenters. The second-order valence-electron chi connectivity index (χ2n) is 5.71. The number of amides is 1. The van der Waals surface area contributed by atoms with E-state index in [1.807, 2.05) is 35.4 Å². The minimum Gasteiger partial charge on any atom is -0.383 e. The number of rotatable bonds is 5. The highest BCUT2D eigenvalue weighted by Crippen LogP contribution is 2.25. The van der Waals surface area contributed by atoms with Crippen molar-refractivity contribution in [2.24, 2.45) is 0 Å². The summed E-state index contributed by atoms with van der Waals surface area (Å²) < 4.78 is 5.18. The van der Waals surface area contributed by atoms with Crippen LogP contribution in [-0.2, 0) is 4.74 Å². The van der Waals surface area contributed by atoms with Crippen molar-refractivity contribution >= 4 is 16.8 Å². The van der Waals surface area contributed by atoms with E-state index >= 15 is 0 Å². The first-order chi connectivity index (χ1) is 10.3. The van der Waals surface area contributed by atoms with Crippen molar-refractivity contribution < 1.29 is 9.53 Å². The van der Waals surface area contributed by atoms with Crippen LogP contribution in [0, 0.1) is 0 Å². The number of hydrogen-bond acceptors (Lipinski definition) is 2. The number of fused-ring (bicyclic) bond motifs is 1. The predicted molar refractivity (Wildman–Crippen MR) is 83.5 cm³/mol. The van der Waals surface area contributed by atoms with Gasteiger partial charge in [0.1, 0.15) is 0 Å². The number of nitrogens with one attached hydrogen (secondary N) is 1. The van der Waals surface area contributed by atoms with E-state index in [-0.39, 0.29) is 5.91 Å². The molecule has 1 heterocycles. The van der Waals surface area contributed by atoms with Crippen LogP contribution in [0.5, 0.6) is 0 Å². The van der Waals surface area contributed by atoms with Crippen molar-refractivity contribution in [2.75, 3.05) is 20.3 Å². The molecular formula is C17H22N2O2. The number of aromatic amines is 1. The molecule has 1 aromatic heterocycles. The maximum absolute atomic E-state index is 12.9. The quantitative estimate of drug-likeness (QED) is 0.917. The molecule has 4 heteroatoms. The van der Waals surface area contributed by atoms with E-state index < -0.39 is 0 Å². The number of carbonyl (C=O) groups excluding carboxylic acids is 1. The molecular weight excluding hydrogens is 264 g/mol. The summed E-state index contributed by atoms with van der Waals surface area (Å²) in [5, 5.41) is 1.14. The van der Waals surface area contributed by atoms with E-state index in [9.17, 15) is 4.79 Å². The van der Waals surface area contributed by atoms with Gasteiger partial charge in [-0.3, -0.25) is 4.79 Å². The van der Waals surface area contributed by atoms with E-state index in [4.69, 9.17) is 4.74 Å². The van der Waals surface area contributed by atoms with Crippen molar-refractivity contribution in [3.8, 4) is 0 Å². The van der Waals surface area contributed by atoms with Crippen LogP contribution >= 0.6 is 0 Å². The maximum atomic E-state index is 12.9. The van der Waals surface area contributed by atoms with Crippen LogP contribution in [0.2, 0.25) is 0 Å². The van der Waals surface area contributed by atoms with Gasteiger partial charge in [0.05, 0.1) is 6.61 Å². The molecule has 0 unspecified atom stereocenters. The lowest BCUT2D eigenvalue weighted by atomic mass is 10.1. The number of methoxy groups -OCH3 is 1. The number of ether oxygens (including phenoxy) is 1. The van der Waals surface area contributed by atoms with Crippen molar-refractivity contribution in [1.29, 1.82) is 0 Å². The molecule has 1 fully saturated rings. The van der Waals surface area contributed by atoms with E-state index in [1.54, 1.807) is 7.11 Å². The Hall–Kier alpha value is -1.81. The average Bonchev–Trinajstić information content (AvgIpc) is 3.18. The minimum absolute atomic E-state index is 0.121. The van der Waals surface area contributed by atoms with Crippen molar-refractivity contribution in [3.63, 3.8) is 0 Å². The Morgan fingerprint density at radius 2 is 2.14 bits per heavy atom. The zero-order chi connectivity index (χ0) is 14.7. The van der Waals surface area contributed by atoms with Gasteiger partial charge in [-0.05, 0) is 36.4 Å². The fourth-order valence-electron chi connectivity index (χ4n) is 3.20. The monoisotopic (exact) mass is 286 g/mol. The molecule has 1 aliphatic rings. The standard InChI is InChI=1S/C17H22N2O2/c1-21-11-10-19(15-4-2-3-5-15)17(20)14-7-6-13-8-9-18-16(13)12-14/h6-9,12,15,18H,2-5,10-11H2,1H3. The second-order valence-corrected chi connectivity index (χ2v) is 5.71. The van der Waals surface area contributed by atoms with Gasteiger partial charge in [-0.1, -0.05) is 18.9 Å². The lowest BCUT2D eigenvalue weighted by molar-refractivity contribution is 0.0606. The first-order valence-corrected chi connectivity index (χ1v) is 7.66. The Labute approximate surface area is 125 Å². The molecule has 1 saturated carbocycles. The van der Waals surface area contributed by atoms with Crippen LogP contribution in [0.4, 0.5) is 0 Å². The van der Waals surface area contributed by atoms with Crippen LogP contribution in [0.25, 0.3) is 10.9 Å². The Morgan fingerprint density at radius 1 is 1.33 bits per heavy atom. The summed E-state index contributed by atoms with van der Waals surface area (Å²) in [5.74, 6) is 0.121. The van der Waals surface area contributed by atoms with Crippen molar-refractivity contribution in [3.05, 3.63) is 36.0 Å². The van der Waals surface area contributed by atoms with Gasteiger partial charge in [-0.2, -0.15) is 0 Å². The zero-order valence-corrected chi connectivity index (χ0v) is 12.5. The lowest BCUT2D eigenvalue weighted by Crippen LogP contribution is -2.41. The summed E-state index contributed by atoms with van der Waals surface area (Å²) in [5.41, 5.74) is 1.77. The third kappa shape index (κ3) is 2.95. The highest BCUT2D eigenvalue weighted by atomic mass is 16.5. The maximum Gasteiger partial charge on any atom is 0.254 e. The number of H-pyrrole nitrogens is 1.